The van der Waals surface area contributed by atoms with Gasteiger partial charge in [-0.1, -0.05) is 24.4 Å². The molecular weight excluding hydrogens is 256 g/mol. The van der Waals surface area contributed by atoms with Crippen molar-refractivity contribution >= 4 is 22.5 Å². The molecule has 0 saturated heterocycles. The van der Waals surface area contributed by atoms with E-state index in [-0.39, 0.29) is 0 Å². The Labute approximate surface area is 119 Å². The van der Waals surface area contributed by atoms with Crippen molar-refractivity contribution in [1.82, 2.24) is 9.88 Å². The van der Waals surface area contributed by atoms with Gasteiger partial charge in [0.2, 0.25) is 0 Å². The highest BCUT2D eigenvalue weighted by Crippen LogP contribution is 2.26. The second kappa shape index (κ2) is 5.56. The van der Waals surface area contributed by atoms with E-state index in [4.69, 9.17) is 11.6 Å². The van der Waals surface area contributed by atoms with Gasteiger partial charge in [0.05, 0.1) is 0 Å². The Hall–Kier alpha value is -0.990. The number of halogens is 1. The van der Waals surface area contributed by atoms with Crippen LogP contribution in [0.25, 0.3) is 10.9 Å². The van der Waals surface area contributed by atoms with Crippen LogP contribution in [0.1, 0.15) is 38.2 Å². The van der Waals surface area contributed by atoms with E-state index in [1.54, 1.807) is 0 Å². The number of hydrogen-bond donors (Lipinski definition) is 1. The summed E-state index contributed by atoms with van der Waals surface area (Å²) < 4.78 is 2.30. The second-order valence-electron chi connectivity index (χ2n) is 5.46. The van der Waals surface area contributed by atoms with E-state index < -0.39 is 0 Å². The third-order valence-electron chi connectivity index (χ3n) is 4.20. The Morgan fingerprint density at radius 1 is 1.32 bits per heavy atom. The van der Waals surface area contributed by atoms with Gasteiger partial charge in [-0.3, -0.25) is 0 Å². The zero-order valence-electron chi connectivity index (χ0n) is 11.5. The fourth-order valence-electron chi connectivity index (χ4n) is 3.13. The van der Waals surface area contributed by atoms with Gasteiger partial charge in [-0.05, 0) is 43.5 Å². The maximum Gasteiger partial charge on any atom is 0.0484 e. The van der Waals surface area contributed by atoms with Crippen LogP contribution >= 0.6 is 11.6 Å². The fraction of sp³-hybridized carbons (Fsp3) is 0.500. The zero-order chi connectivity index (χ0) is 13.2. The monoisotopic (exact) mass is 276 g/mol. The van der Waals surface area contributed by atoms with Gasteiger partial charge >= 0.3 is 0 Å². The molecule has 1 saturated carbocycles. The van der Waals surface area contributed by atoms with Gasteiger partial charge < -0.3 is 9.88 Å². The van der Waals surface area contributed by atoms with Gasteiger partial charge in [-0.2, -0.15) is 0 Å². The van der Waals surface area contributed by atoms with Crippen LogP contribution in [0.4, 0.5) is 0 Å². The lowest BCUT2D eigenvalue weighted by molar-refractivity contribution is 0.525. The third-order valence-corrected chi connectivity index (χ3v) is 4.44. The Morgan fingerprint density at radius 2 is 2.11 bits per heavy atom. The van der Waals surface area contributed by atoms with Gasteiger partial charge in [0.15, 0.2) is 0 Å². The summed E-state index contributed by atoms with van der Waals surface area (Å²) >= 11 is 6.14. The van der Waals surface area contributed by atoms with Crippen molar-refractivity contribution in [3.63, 3.8) is 0 Å². The zero-order valence-corrected chi connectivity index (χ0v) is 12.2. The standard InChI is InChI=1S/C16H21ClN2/c1-2-19-11-12(10-18-14-5-3-4-6-14)15-9-13(17)7-8-16(15)19/h7-9,11,14,18H,2-6,10H2,1H3. The molecule has 0 bridgehead atoms. The Bertz CT molecular complexity index is 567. The molecule has 0 amide bonds. The van der Waals surface area contributed by atoms with E-state index >= 15 is 0 Å². The predicted molar refractivity (Wildman–Crippen MR) is 81.7 cm³/mol. The normalized spacial score (nSPS) is 16.5. The van der Waals surface area contributed by atoms with Crippen LogP contribution in [0.2, 0.25) is 5.02 Å². The van der Waals surface area contributed by atoms with Crippen molar-refractivity contribution in [1.29, 1.82) is 0 Å². The lowest BCUT2D eigenvalue weighted by Crippen LogP contribution is -2.25. The van der Waals surface area contributed by atoms with E-state index in [0.29, 0.717) is 6.04 Å². The molecule has 3 rings (SSSR count). The molecule has 19 heavy (non-hydrogen) atoms. The van der Waals surface area contributed by atoms with Crippen molar-refractivity contribution in [2.45, 2.75) is 51.7 Å². The molecule has 1 aliphatic rings. The van der Waals surface area contributed by atoms with Crippen LogP contribution in [0.15, 0.2) is 24.4 Å². The van der Waals surface area contributed by atoms with Gasteiger partial charge in [-0.15, -0.1) is 0 Å². The van der Waals surface area contributed by atoms with Crippen LogP contribution < -0.4 is 5.32 Å². The first-order valence-electron chi connectivity index (χ1n) is 7.28. The Morgan fingerprint density at radius 3 is 2.84 bits per heavy atom. The molecule has 0 spiro atoms. The summed E-state index contributed by atoms with van der Waals surface area (Å²) in [5.74, 6) is 0. The maximum absolute atomic E-state index is 6.14. The second-order valence-corrected chi connectivity index (χ2v) is 5.90. The van der Waals surface area contributed by atoms with Crippen molar-refractivity contribution < 1.29 is 0 Å². The van der Waals surface area contributed by atoms with Gasteiger partial charge in [-0.25, -0.2) is 0 Å². The number of benzene rings is 1. The van der Waals surface area contributed by atoms with Gasteiger partial charge in [0, 0.05) is 41.3 Å². The van der Waals surface area contributed by atoms with Crippen molar-refractivity contribution in [2.24, 2.45) is 0 Å². The van der Waals surface area contributed by atoms with Crippen molar-refractivity contribution in [3.05, 3.63) is 35.0 Å². The van der Waals surface area contributed by atoms with Crippen LogP contribution in [0, 0.1) is 0 Å². The molecule has 0 aliphatic heterocycles. The quantitative estimate of drug-likeness (QED) is 0.879. The minimum atomic E-state index is 0.708. The number of nitrogens with zero attached hydrogens (tertiary/aromatic N) is 1. The first-order valence-corrected chi connectivity index (χ1v) is 7.66. The van der Waals surface area contributed by atoms with Crippen LogP contribution in [-0.2, 0) is 13.1 Å². The highest BCUT2D eigenvalue weighted by molar-refractivity contribution is 6.31. The van der Waals surface area contributed by atoms with E-state index in [2.05, 4.69) is 35.1 Å². The number of aryl methyl sites for hydroxylation is 1. The molecule has 2 nitrogen and oxygen atoms in total. The molecule has 0 atom stereocenters. The molecule has 1 aliphatic carbocycles. The van der Waals surface area contributed by atoms with Gasteiger partial charge in [0.1, 0.15) is 0 Å². The lowest BCUT2D eigenvalue weighted by atomic mass is 10.1. The summed E-state index contributed by atoms with van der Waals surface area (Å²) in [6.07, 6.45) is 7.67. The molecule has 0 unspecified atom stereocenters. The Kier molecular flexibility index (Phi) is 3.81. The minimum Gasteiger partial charge on any atom is -0.347 e. The largest absolute Gasteiger partial charge is 0.347 e. The smallest absolute Gasteiger partial charge is 0.0484 e. The average molecular weight is 277 g/mol. The third kappa shape index (κ3) is 2.65. The van der Waals surface area contributed by atoms with E-state index in [9.17, 15) is 0 Å². The van der Waals surface area contributed by atoms with E-state index in [1.165, 1.54) is 42.1 Å². The number of hydrogen-bond acceptors (Lipinski definition) is 1. The SMILES string of the molecule is CCn1cc(CNC2CCCC2)c2cc(Cl)ccc21. The molecule has 0 radical (unpaired) electrons. The molecule has 2 aromatic rings. The minimum absolute atomic E-state index is 0.708. The predicted octanol–water partition coefficient (Wildman–Crippen LogP) is 4.35. The van der Waals surface area contributed by atoms with Gasteiger partial charge in [0.25, 0.3) is 0 Å². The lowest BCUT2D eigenvalue weighted by Gasteiger charge is -2.10. The molecular formula is C16H21ClN2. The summed E-state index contributed by atoms with van der Waals surface area (Å²) in [6.45, 7) is 4.14. The molecule has 102 valence electrons. The first-order chi connectivity index (χ1) is 9.28. The maximum atomic E-state index is 6.14. The molecule has 1 N–H and O–H groups in total. The molecule has 1 aromatic carbocycles. The van der Waals surface area contributed by atoms with E-state index in [1.807, 2.05) is 6.07 Å². The summed E-state index contributed by atoms with van der Waals surface area (Å²) in [5, 5.41) is 5.80. The molecule has 1 fully saturated rings. The number of rotatable bonds is 4. The fourth-order valence-corrected chi connectivity index (χ4v) is 3.30. The number of nitrogens with one attached hydrogen (secondary N) is 1. The average Bonchev–Trinajstić information content (AvgIpc) is 3.03. The summed E-state index contributed by atoms with van der Waals surface area (Å²) in [4.78, 5) is 0. The van der Waals surface area contributed by atoms with Crippen molar-refractivity contribution in [3.8, 4) is 0 Å². The van der Waals surface area contributed by atoms with Crippen LogP contribution in [-0.4, -0.2) is 10.6 Å². The summed E-state index contributed by atoms with van der Waals surface area (Å²) in [7, 11) is 0. The highest BCUT2D eigenvalue weighted by atomic mass is 35.5. The molecule has 1 heterocycles. The molecule has 1 aromatic heterocycles. The first kappa shape index (κ1) is 13.0. The molecule has 3 heteroatoms. The van der Waals surface area contributed by atoms with Crippen LogP contribution in [0.5, 0.6) is 0 Å². The van der Waals surface area contributed by atoms with Crippen molar-refractivity contribution in [2.75, 3.05) is 0 Å². The number of fused-ring (bicyclic) bond motifs is 1. The topological polar surface area (TPSA) is 17.0 Å². The summed E-state index contributed by atoms with van der Waals surface area (Å²) in [6, 6.07) is 6.90. The Balaban J connectivity index is 1.86. The number of aromatic nitrogens is 1. The van der Waals surface area contributed by atoms with Crippen LogP contribution in [0.3, 0.4) is 0 Å². The summed E-state index contributed by atoms with van der Waals surface area (Å²) in [5.41, 5.74) is 2.65. The highest BCUT2D eigenvalue weighted by Gasteiger charge is 2.15. The van der Waals surface area contributed by atoms with E-state index in [0.717, 1.165) is 18.1 Å².